The molecule has 112 valence electrons. The molecule has 0 unspecified atom stereocenters. The quantitative estimate of drug-likeness (QED) is 0.779. The Morgan fingerprint density at radius 1 is 1.41 bits per heavy atom. The summed E-state index contributed by atoms with van der Waals surface area (Å²) in [5, 5.41) is 3.75. The van der Waals surface area contributed by atoms with Crippen LogP contribution < -0.4 is 11.1 Å². The first-order valence-corrected chi connectivity index (χ1v) is 7.71. The Morgan fingerprint density at radius 3 is 2.95 bits per heavy atom. The maximum atomic E-state index is 12.4. The fourth-order valence-corrected chi connectivity index (χ4v) is 3.54. The molecule has 0 atom stereocenters. The van der Waals surface area contributed by atoms with Crippen LogP contribution in [-0.2, 0) is 6.54 Å². The summed E-state index contributed by atoms with van der Waals surface area (Å²) in [6.07, 6.45) is 3.43. The number of amides is 1. The number of thiophene rings is 1. The van der Waals surface area contributed by atoms with E-state index >= 15 is 0 Å². The molecule has 0 fully saturated rings. The third-order valence-corrected chi connectivity index (χ3v) is 4.50. The van der Waals surface area contributed by atoms with Crippen molar-refractivity contribution < 1.29 is 4.79 Å². The van der Waals surface area contributed by atoms with Crippen LogP contribution in [0, 0.1) is 13.8 Å². The molecule has 6 heteroatoms. The number of nitrogens with one attached hydrogen (secondary N) is 1. The number of pyridine rings is 2. The van der Waals surface area contributed by atoms with Crippen LogP contribution in [0.15, 0.2) is 30.6 Å². The van der Waals surface area contributed by atoms with Gasteiger partial charge in [0.1, 0.15) is 9.71 Å². The van der Waals surface area contributed by atoms with Crippen LogP contribution in [0.3, 0.4) is 0 Å². The van der Waals surface area contributed by atoms with Gasteiger partial charge in [-0.15, -0.1) is 11.3 Å². The van der Waals surface area contributed by atoms with Gasteiger partial charge < -0.3 is 11.1 Å². The molecule has 0 aromatic carbocycles. The first-order valence-electron chi connectivity index (χ1n) is 6.89. The third-order valence-electron chi connectivity index (χ3n) is 3.41. The van der Waals surface area contributed by atoms with Gasteiger partial charge in [0.25, 0.3) is 5.91 Å². The highest BCUT2D eigenvalue weighted by molar-refractivity contribution is 7.21. The Morgan fingerprint density at radius 2 is 2.23 bits per heavy atom. The number of carbonyl (C=O) groups excluding carboxylic acids is 1. The smallest absolute Gasteiger partial charge is 0.263 e. The molecule has 0 saturated carbocycles. The summed E-state index contributed by atoms with van der Waals surface area (Å²) < 4.78 is 0. The molecule has 0 radical (unpaired) electrons. The number of nitrogen functional groups attached to an aromatic ring is 1. The molecule has 1 amide bonds. The van der Waals surface area contributed by atoms with Gasteiger partial charge in [0.15, 0.2) is 0 Å². The Hall–Kier alpha value is -2.47. The van der Waals surface area contributed by atoms with Crippen LogP contribution in [0.4, 0.5) is 5.69 Å². The summed E-state index contributed by atoms with van der Waals surface area (Å²) in [5.41, 5.74) is 9.58. The van der Waals surface area contributed by atoms with Gasteiger partial charge in [0.2, 0.25) is 0 Å². The van der Waals surface area contributed by atoms with E-state index in [9.17, 15) is 4.79 Å². The monoisotopic (exact) mass is 312 g/mol. The SMILES string of the molecule is Cc1cc(C)c2c(N)c(C(=O)NCc3cccnc3)sc2n1. The first-order chi connectivity index (χ1) is 10.6. The van der Waals surface area contributed by atoms with E-state index in [1.807, 2.05) is 32.0 Å². The lowest BCUT2D eigenvalue weighted by Crippen LogP contribution is -2.22. The maximum absolute atomic E-state index is 12.4. The van der Waals surface area contributed by atoms with Crippen molar-refractivity contribution in [1.82, 2.24) is 15.3 Å². The molecular weight excluding hydrogens is 296 g/mol. The second-order valence-corrected chi connectivity index (χ2v) is 6.15. The van der Waals surface area contributed by atoms with E-state index in [-0.39, 0.29) is 5.91 Å². The van der Waals surface area contributed by atoms with Crippen LogP contribution in [0.1, 0.15) is 26.5 Å². The highest BCUT2D eigenvalue weighted by Gasteiger charge is 2.18. The number of hydrogen-bond donors (Lipinski definition) is 2. The van der Waals surface area contributed by atoms with Gasteiger partial charge in [-0.1, -0.05) is 6.07 Å². The number of carbonyl (C=O) groups is 1. The summed E-state index contributed by atoms with van der Waals surface area (Å²) in [7, 11) is 0. The van der Waals surface area contributed by atoms with E-state index in [1.165, 1.54) is 11.3 Å². The fraction of sp³-hybridized carbons (Fsp3) is 0.188. The molecule has 3 aromatic heterocycles. The fourth-order valence-electron chi connectivity index (χ4n) is 2.40. The van der Waals surface area contributed by atoms with Crippen molar-refractivity contribution >= 4 is 33.1 Å². The number of anilines is 1. The Balaban J connectivity index is 1.88. The van der Waals surface area contributed by atoms with Crippen molar-refractivity contribution in [2.24, 2.45) is 0 Å². The minimum absolute atomic E-state index is 0.179. The van der Waals surface area contributed by atoms with Crippen LogP contribution in [-0.4, -0.2) is 15.9 Å². The zero-order valence-corrected chi connectivity index (χ0v) is 13.2. The molecule has 22 heavy (non-hydrogen) atoms. The van der Waals surface area contributed by atoms with Crippen molar-refractivity contribution in [3.8, 4) is 0 Å². The predicted molar refractivity (Wildman–Crippen MR) is 88.9 cm³/mol. The molecule has 0 bridgehead atoms. The number of fused-ring (bicyclic) bond motifs is 1. The summed E-state index contributed by atoms with van der Waals surface area (Å²) in [5.74, 6) is -0.179. The lowest BCUT2D eigenvalue weighted by atomic mass is 10.1. The van der Waals surface area contributed by atoms with Crippen LogP contribution in [0.2, 0.25) is 0 Å². The van der Waals surface area contributed by atoms with E-state index in [2.05, 4.69) is 15.3 Å². The van der Waals surface area contributed by atoms with Crippen molar-refractivity contribution in [2.45, 2.75) is 20.4 Å². The van der Waals surface area contributed by atoms with E-state index < -0.39 is 0 Å². The number of rotatable bonds is 3. The zero-order valence-electron chi connectivity index (χ0n) is 12.4. The zero-order chi connectivity index (χ0) is 15.7. The van der Waals surface area contributed by atoms with Gasteiger partial charge in [0, 0.05) is 30.0 Å². The second-order valence-electron chi connectivity index (χ2n) is 5.15. The lowest BCUT2D eigenvalue weighted by Gasteiger charge is -2.04. The van der Waals surface area contributed by atoms with E-state index in [4.69, 9.17) is 5.73 Å². The average Bonchev–Trinajstić information content (AvgIpc) is 2.83. The van der Waals surface area contributed by atoms with Crippen molar-refractivity contribution in [1.29, 1.82) is 0 Å². The lowest BCUT2D eigenvalue weighted by molar-refractivity contribution is 0.0956. The number of aryl methyl sites for hydroxylation is 2. The molecule has 5 nitrogen and oxygen atoms in total. The van der Waals surface area contributed by atoms with Gasteiger partial charge in [-0.05, 0) is 37.1 Å². The van der Waals surface area contributed by atoms with Gasteiger partial charge in [0.05, 0.1) is 5.69 Å². The summed E-state index contributed by atoms with van der Waals surface area (Å²) in [4.78, 5) is 22.2. The Kier molecular flexibility index (Phi) is 3.77. The van der Waals surface area contributed by atoms with Crippen molar-refractivity contribution in [2.75, 3.05) is 5.73 Å². The third kappa shape index (κ3) is 2.65. The molecule has 0 spiro atoms. The number of aromatic nitrogens is 2. The average molecular weight is 312 g/mol. The van der Waals surface area contributed by atoms with Crippen LogP contribution in [0.5, 0.6) is 0 Å². The van der Waals surface area contributed by atoms with E-state index in [1.54, 1.807) is 12.4 Å². The standard InChI is InChI=1S/C16H16N4OS/c1-9-6-10(2)20-16-12(9)13(17)14(22-16)15(21)19-8-11-4-3-5-18-7-11/h3-7H,8,17H2,1-2H3,(H,19,21). The van der Waals surface area contributed by atoms with E-state index in [0.29, 0.717) is 17.1 Å². The number of hydrogen-bond acceptors (Lipinski definition) is 5. The van der Waals surface area contributed by atoms with Gasteiger partial charge in [-0.25, -0.2) is 4.98 Å². The number of nitrogens with two attached hydrogens (primary N) is 1. The molecule has 0 aliphatic rings. The summed E-state index contributed by atoms with van der Waals surface area (Å²) in [6.45, 7) is 4.34. The summed E-state index contributed by atoms with van der Waals surface area (Å²) in [6, 6.07) is 5.73. The van der Waals surface area contributed by atoms with Crippen LogP contribution in [0.25, 0.3) is 10.2 Å². The number of nitrogens with zero attached hydrogens (tertiary/aromatic N) is 2. The van der Waals surface area contributed by atoms with E-state index in [0.717, 1.165) is 27.0 Å². The molecule has 0 aliphatic carbocycles. The largest absolute Gasteiger partial charge is 0.397 e. The molecule has 0 saturated heterocycles. The van der Waals surface area contributed by atoms with Gasteiger partial charge in [-0.2, -0.15) is 0 Å². The van der Waals surface area contributed by atoms with Gasteiger partial charge >= 0.3 is 0 Å². The Bertz CT molecular complexity index is 842. The molecule has 3 aromatic rings. The minimum atomic E-state index is -0.179. The second kappa shape index (κ2) is 5.73. The molecule has 0 aliphatic heterocycles. The molecule has 3 N–H and O–H groups in total. The van der Waals surface area contributed by atoms with Crippen molar-refractivity contribution in [3.63, 3.8) is 0 Å². The first kappa shape index (κ1) is 14.5. The minimum Gasteiger partial charge on any atom is -0.397 e. The normalized spacial score (nSPS) is 10.8. The Labute approximate surface area is 132 Å². The highest BCUT2D eigenvalue weighted by atomic mass is 32.1. The highest BCUT2D eigenvalue weighted by Crippen LogP contribution is 2.34. The van der Waals surface area contributed by atoms with Gasteiger partial charge in [-0.3, -0.25) is 9.78 Å². The summed E-state index contributed by atoms with van der Waals surface area (Å²) >= 11 is 1.33. The van der Waals surface area contributed by atoms with Crippen molar-refractivity contribution in [3.05, 3.63) is 52.3 Å². The topological polar surface area (TPSA) is 80.9 Å². The molecule has 3 rings (SSSR count). The molecular formula is C16H16N4OS. The van der Waals surface area contributed by atoms with Crippen LogP contribution >= 0.6 is 11.3 Å². The predicted octanol–water partition coefficient (Wildman–Crippen LogP) is 2.82. The maximum Gasteiger partial charge on any atom is 0.263 e. The molecule has 3 heterocycles.